The molecule has 0 aliphatic carbocycles. The summed E-state index contributed by atoms with van der Waals surface area (Å²) in [6.07, 6.45) is 3.71. The molecule has 1 aromatic carbocycles. The van der Waals surface area contributed by atoms with Gasteiger partial charge >= 0.3 is 0 Å². The Balaban J connectivity index is 1.46. The number of pyridine rings is 1. The summed E-state index contributed by atoms with van der Waals surface area (Å²) in [4.78, 5) is 21.4. The first-order chi connectivity index (χ1) is 12.6. The Morgan fingerprint density at radius 2 is 1.88 bits per heavy atom. The van der Waals surface area contributed by atoms with E-state index in [2.05, 4.69) is 22.9 Å². The minimum atomic E-state index is -0.00705. The van der Waals surface area contributed by atoms with Gasteiger partial charge in [0.15, 0.2) is 5.76 Å². The fourth-order valence-electron chi connectivity index (χ4n) is 3.67. The fraction of sp³-hybridized carbons (Fsp3) is 0.333. The van der Waals surface area contributed by atoms with Gasteiger partial charge in [-0.15, -0.1) is 0 Å². The zero-order chi connectivity index (χ0) is 18.1. The zero-order valence-electron chi connectivity index (χ0n) is 15.2. The van der Waals surface area contributed by atoms with Crippen LogP contribution in [0.15, 0.2) is 53.2 Å². The van der Waals surface area contributed by atoms with E-state index in [1.165, 1.54) is 5.56 Å². The van der Waals surface area contributed by atoms with E-state index in [9.17, 15) is 4.79 Å². The van der Waals surface area contributed by atoms with E-state index in [4.69, 9.17) is 4.42 Å². The van der Waals surface area contributed by atoms with E-state index in [0.29, 0.717) is 24.9 Å². The molecule has 1 fully saturated rings. The van der Waals surface area contributed by atoms with Crippen LogP contribution in [0.1, 0.15) is 34.6 Å². The molecule has 1 aliphatic rings. The average molecular weight is 349 g/mol. The van der Waals surface area contributed by atoms with Gasteiger partial charge in [-0.05, 0) is 31.5 Å². The summed E-state index contributed by atoms with van der Waals surface area (Å²) in [5, 5.41) is 1.01. The van der Waals surface area contributed by atoms with Crippen LogP contribution < -0.4 is 0 Å². The Morgan fingerprint density at radius 1 is 1.12 bits per heavy atom. The van der Waals surface area contributed by atoms with Crippen LogP contribution in [-0.4, -0.2) is 46.9 Å². The molecule has 1 unspecified atom stereocenters. The zero-order valence-corrected chi connectivity index (χ0v) is 15.2. The minimum absolute atomic E-state index is 0.00705. The Labute approximate surface area is 153 Å². The van der Waals surface area contributed by atoms with Crippen molar-refractivity contribution in [2.24, 2.45) is 0 Å². The first kappa shape index (κ1) is 16.8. The van der Waals surface area contributed by atoms with Crippen LogP contribution in [0.3, 0.4) is 0 Å². The molecule has 0 saturated carbocycles. The van der Waals surface area contributed by atoms with Gasteiger partial charge in [-0.1, -0.05) is 24.3 Å². The van der Waals surface area contributed by atoms with Crippen molar-refractivity contribution in [2.75, 3.05) is 26.2 Å². The number of hydrogen-bond donors (Lipinski definition) is 0. The van der Waals surface area contributed by atoms with Gasteiger partial charge in [0.2, 0.25) is 0 Å². The summed E-state index contributed by atoms with van der Waals surface area (Å²) in [6, 6.07) is 12.2. The third kappa shape index (κ3) is 2.99. The first-order valence-corrected chi connectivity index (χ1v) is 9.06. The summed E-state index contributed by atoms with van der Waals surface area (Å²) in [5.74, 6) is 0.465. The maximum atomic E-state index is 12.9. The van der Waals surface area contributed by atoms with Gasteiger partial charge in [0, 0.05) is 55.6 Å². The summed E-state index contributed by atoms with van der Waals surface area (Å²) in [6.45, 7) is 7.26. The highest BCUT2D eigenvalue weighted by Crippen LogP contribution is 2.27. The smallest absolute Gasteiger partial charge is 0.289 e. The number of carbonyl (C=O) groups is 1. The lowest BCUT2D eigenvalue weighted by Gasteiger charge is -2.37. The molecule has 4 rings (SSSR count). The van der Waals surface area contributed by atoms with Gasteiger partial charge in [-0.2, -0.15) is 0 Å². The lowest BCUT2D eigenvalue weighted by Crippen LogP contribution is -2.49. The van der Waals surface area contributed by atoms with E-state index in [1.54, 1.807) is 6.20 Å². The molecule has 1 amide bonds. The molecule has 3 aromatic rings. The van der Waals surface area contributed by atoms with Crippen LogP contribution in [0.5, 0.6) is 0 Å². The number of para-hydroxylation sites is 1. The molecule has 5 heteroatoms. The molecule has 3 heterocycles. The molecule has 1 saturated heterocycles. The van der Waals surface area contributed by atoms with Crippen molar-refractivity contribution in [3.63, 3.8) is 0 Å². The highest BCUT2D eigenvalue weighted by molar-refractivity contribution is 5.98. The van der Waals surface area contributed by atoms with Gasteiger partial charge in [0.25, 0.3) is 5.91 Å². The van der Waals surface area contributed by atoms with Crippen LogP contribution in [0, 0.1) is 6.92 Å². The minimum Gasteiger partial charge on any atom is -0.451 e. The monoisotopic (exact) mass is 349 g/mol. The second-order valence-corrected chi connectivity index (χ2v) is 6.84. The predicted octanol–water partition coefficient (Wildman–Crippen LogP) is 3.66. The van der Waals surface area contributed by atoms with Crippen molar-refractivity contribution in [2.45, 2.75) is 19.9 Å². The van der Waals surface area contributed by atoms with E-state index >= 15 is 0 Å². The van der Waals surface area contributed by atoms with E-state index < -0.39 is 0 Å². The van der Waals surface area contributed by atoms with Gasteiger partial charge in [-0.3, -0.25) is 14.7 Å². The molecule has 0 spiro atoms. The predicted molar refractivity (Wildman–Crippen MR) is 101 cm³/mol. The molecular formula is C21H23N3O2. The topological polar surface area (TPSA) is 49.6 Å². The fourth-order valence-corrected chi connectivity index (χ4v) is 3.67. The van der Waals surface area contributed by atoms with E-state index in [0.717, 1.165) is 29.6 Å². The maximum Gasteiger partial charge on any atom is 0.289 e. The molecule has 2 aromatic heterocycles. The third-order valence-corrected chi connectivity index (χ3v) is 5.35. The number of aromatic nitrogens is 1. The number of rotatable bonds is 3. The molecule has 0 bridgehead atoms. The van der Waals surface area contributed by atoms with Crippen molar-refractivity contribution < 1.29 is 9.21 Å². The molecule has 0 radical (unpaired) electrons. The molecule has 1 atom stereocenters. The second-order valence-electron chi connectivity index (χ2n) is 6.84. The highest BCUT2D eigenvalue weighted by Gasteiger charge is 2.28. The molecule has 134 valence electrons. The number of aryl methyl sites for hydroxylation is 1. The van der Waals surface area contributed by atoms with Crippen LogP contribution in [-0.2, 0) is 0 Å². The summed E-state index contributed by atoms with van der Waals surface area (Å²) in [7, 11) is 0. The SMILES string of the molecule is Cc1c(C(=O)N2CCN(C(C)c3cccnc3)CC2)oc2ccccc12. The van der Waals surface area contributed by atoms with Crippen molar-refractivity contribution in [3.8, 4) is 0 Å². The Kier molecular flexibility index (Phi) is 4.47. The lowest BCUT2D eigenvalue weighted by atomic mass is 10.1. The molecular weight excluding hydrogens is 326 g/mol. The normalized spacial score (nSPS) is 16.8. The number of piperazine rings is 1. The molecule has 5 nitrogen and oxygen atoms in total. The van der Waals surface area contributed by atoms with Gasteiger partial charge < -0.3 is 9.32 Å². The quantitative estimate of drug-likeness (QED) is 0.724. The number of benzene rings is 1. The van der Waals surface area contributed by atoms with Crippen LogP contribution in [0.4, 0.5) is 0 Å². The highest BCUT2D eigenvalue weighted by atomic mass is 16.3. The lowest BCUT2D eigenvalue weighted by molar-refractivity contribution is 0.0554. The third-order valence-electron chi connectivity index (χ3n) is 5.35. The standard InChI is InChI=1S/C21H23N3O2/c1-15-18-7-3-4-8-19(18)26-20(15)21(25)24-12-10-23(11-13-24)16(2)17-6-5-9-22-14-17/h3-9,14,16H,10-13H2,1-2H3. The van der Waals surface area contributed by atoms with Crippen LogP contribution >= 0.6 is 0 Å². The largest absolute Gasteiger partial charge is 0.451 e. The number of furan rings is 1. The Morgan fingerprint density at radius 3 is 2.58 bits per heavy atom. The Hall–Kier alpha value is -2.66. The summed E-state index contributed by atoms with van der Waals surface area (Å²) in [5.41, 5.74) is 2.91. The van der Waals surface area contributed by atoms with Crippen LogP contribution in [0.25, 0.3) is 11.0 Å². The van der Waals surface area contributed by atoms with E-state index in [1.807, 2.05) is 48.4 Å². The average Bonchev–Trinajstić information content (AvgIpc) is 3.04. The van der Waals surface area contributed by atoms with Gasteiger partial charge in [-0.25, -0.2) is 0 Å². The van der Waals surface area contributed by atoms with E-state index in [-0.39, 0.29) is 5.91 Å². The molecule has 1 aliphatic heterocycles. The summed E-state index contributed by atoms with van der Waals surface area (Å²) >= 11 is 0. The summed E-state index contributed by atoms with van der Waals surface area (Å²) < 4.78 is 5.84. The van der Waals surface area contributed by atoms with Crippen molar-refractivity contribution in [1.29, 1.82) is 0 Å². The maximum absolute atomic E-state index is 12.9. The van der Waals surface area contributed by atoms with Crippen LogP contribution in [0.2, 0.25) is 0 Å². The number of carbonyl (C=O) groups excluding carboxylic acids is 1. The van der Waals surface area contributed by atoms with Crippen molar-refractivity contribution in [3.05, 3.63) is 65.7 Å². The Bertz CT molecular complexity index is 911. The van der Waals surface area contributed by atoms with Gasteiger partial charge in [0.1, 0.15) is 5.58 Å². The van der Waals surface area contributed by atoms with Crippen molar-refractivity contribution >= 4 is 16.9 Å². The molecule has 26 heavy (non-hydrogen) atoms. The number of amides is 1. The van der Waals surface area contributed by atoms with Crippen molar-refractivity contribution in [1.82, 2.24) is 14.8 Å². The number of hydrogen-bond acceptors (Lipinski definition) is 4. The number of nitrogens with zero attached hydrogens (tertiary/aromatic N) is 3. The second kappa shape index (κ2) is 6.92. The number of fused-ring (bicyclic) bond motifs is 1. The first-order valence-electron chi connectivity index (χ1n) is 9.06. The molecule has 0 N–H and O–H groups in total. The van der Waals surface area contributed by atoms with Gasteiger partial charge in [0.05, 0.1) is 0 Å².